The number of fused-ring (bicyclic) bond motifs is 1. The molecule has 1 aromatic carbocycles. The van der Waals surface area contributed by atoms with Crippen molar-refractivity contribution in [2.45, 2.75) is 69.3 Å². The second kappa shape index (κ2) is 8.92. The Hall–Kier alpha value is -2.29. The largest absolute Gasteiger partial charge is 0.380 e. The van der Waals surface area contributed by atoms with Crippen molar-refractivity contribution in [1.82, 2.24) is 15.5 Å². The average Bonchev–Trinajstić information content (AvgIpc) is 3.40. The molecule has 0 radical (unpaired) electrons. The van der Waals surface area contributed by atoms with Gasteiger partial charge in [0.2, 0.25) is 5.91 Å². The van der Waals surface area contributed by atoms with Gasteiger partial charge in [-0.1, -0.05) is 12.6 Å². The van der Waals surface area contributed by atoms with Crippen LogP contribution < -0.4 is 10.6 Å². The molecular formula is C24H30FN3O4. The molecule has 32 heavy (non-hydrogen) atoms. The minimum absolute atomic E-state index is 0.116. The van der Waals surface area contributed by atoms with Crippen molar-refractivity contribution in [3.8, 4) is 0 Å². The van der Waals surface area contributed by atoms with Crippen LogP contribution in [0.3, 0.4) is 0 Å². The van der Waals surface area contributed by atoms with E-state index >= 15 is 4.39 Å². The Balaban J connectivity index is 1.32. The lowest BCUT2D eigenvalue weighted by Gasteiger charge is -2.34. The molecule has 2 N–H and O–H groups in total. The van der Waals surface area contributed by atoms with E-state index in [-0.39, 0.29) is 36.3 Å². The maximum Gasteiger partial charge on any atom is 0.255 e. The van der Waals surface area contributed by atoms with Gasteiger partial charge in [0.15, 0.2) is 0 Å². The summed E-state index contributed by atoms with van der Waals surface area (Å²) < 4.78 is 27.0. The first-order chi connectivity index (χ1) is 15.5. The second-order valence-electron chi connectivity index (χ2n) is 9.23. The van der Waals surface area contributed by atoms with Crippen LogP contribution in [0.25, 0.3) is 0 Å². The fourth-order valence-corrected chi connectivity index (χ4v) is 5.31. The Morgan fingerprint density at radius 3 is 2.88 bits per heavy atom. The smallest absolute Gasteiger partial charge is 0.255 e. The highest BCUT2D eigenvalue weighted by atomic mass is 19.1. The van der Waals surface area contributed by atoms with Crippen LogP contribution in [0.1, 0.15) is 53.6 Å². The van der Waals surface area contributed by atoms with Gasteiger partial charge in [0.1, 0.15) is 11.9 Å². The summed E-state index contributed by atoms with van der Waals surface area (Å²) in [4.78, 5) is 26.8. The third kappa shape index (κ3) is 4.07. The molecule has 4 aliphatic heterocycles. The van der Waals surface area contributed by atoms with Crippen LogP contribution >= 0.6 is 0 Å². The lowest BCUT2D eigenvalue weighted by atomic mass is 9.93. The summed E-state index contributed by atoms with van der Waals surface area (Å²) in [7, 11) is 0. The number of halogens is 1. The Kier molecular flexibility index (Phi) is 6.01. The van der Waals surface area contributed by atoms with Gasteiger partial charge in [0.25, 0.3) is 5.91 Å². The third-order valence-electron chi connectivity index (χ3n) is 7.08. The summed E-state index contributed by atoms with van der Waals surface area (Å²) >= 11 is 0. The Morgan fingerprint density at radius 2 is 2.09 bits per heavy atom. The molecule has 4 atom stereocenters. The molecule has 7 nitrogen and oxygen atoms in total. The zero-order valence-corrected chi connectivity index (χ0v) is 18.2. The van der Waals surface area contributed by atoms with E-state index in [4.69, 9.17) is 9.47 Å². The van der Waals surface area contributed by atoms with E-state index in [2.05, 4.69) is 17.2 Å². The normalized spacial score (nSPS) is 30.5. The van der Waals surface area contributed by atoms with Crippen molar-refractivity contribution in [2.24, 2.45) is 0 Å². The molecule has 2 amide bonds. The van der Waals surface area contributed by atoms with Crippen LogP contribution in [0.2, 0.25) is 0 Å². The predicted molar refractivity (Wildman–Crippen MR) is 115 cm³/mol. The number of hydrogen-bond acceptors (Lipinski definition) is 5. The van der Waals surface area contributed by atoms with E-state index in [0.29, 0.717) is 60.9 Å². The van der Waals surface area contributed by atoms with Crippen molar-refractivity contribution in [3.63, 3.8) is 0 Å². The highest BCUT2D eigenvalue weighted by Crippen LogP contribution is 2.32. The molecule has 172 valence electrons. The molecule has 4 heterocycles. The maximum atomic E-state index is 15.5. The van der Waals surface area contributed by atoms with Gasteiger partial charge in [-0.3, -0.25) is 9.59 Å². The Bertz CT molecular complexity index is 930. The number of nitrogens with one attached hydrogen (secondary N) is 2. The molecule has 3 saturated heterocycles. The summed E-state index contributed by atoms with van der Waals surface area (Å²) in [5.41, 5.74) is 1.95. The number of hydrogen-bond donors (Lipinski definition) is 2. The highest BCUT2D eigenvalue weighted by molar-refractivity contribution is 6.01. The van der Waals surface area contributed by atoms with Gasteiger partial charge in [-0.2, -0.15) is 0 Å². The number of amides is 2. The van der Waals surface area contributed by atoms with Gasteiger partial charge >= 0.3 is 0 Å². The van der Waals surface area contributed by atoms with Crippen LogP contribution in [0.5, 0.6) is 0 Å². The second-order valence-corrected chi connectivity index (χ2v) is 9.23. The zero-order chi connectivity index (χ0) is 22.2. The SMILES string of the molecule is C=C1CCC(N2Cc3c(ccc(C[C@H]4OCCC[C@@H]4N[C@@H]4CCOC4)c3F)C2=O)C(=O)N1. The number of piperidine rings is 1. The van der Waals surface area contributed by atoms with E-state index in [1.54, 1.807) is 12.1 Å². The van der Waals surface area contributed by atoms with Gasteiger partial charge in [0.05, 0.1) is 19.3 Å². The van der Waals surface area contributed by atoms with E-state index < -0.39 is 6.04 Å². The van der Waals surface area contributed by atoms with Crippen LogP contribution in [-0.4, -0.2) is 60.8 Å². The number of benzene rings is 1. The molecule has 4 aliphatic rings. The van der Waals surface area contributed by atoms with E-state index in [0.717, 1.165) is 25.9 Å². The van der Waals surface area contributed by atoms with Gasteiger partial charge in [-0.25, -0.2) is 4.39 Å². The fraction of sp³-hybridized carbons (Fsp3) is 0.583. The van der Waals surface area contributed by atoms with Gasteiger partial charge < -0.3 is 25.0 Å². The molecule has 0 bridgehead atoms. The van der Waals surface area contributed by atoms with Crippen molar-refractivity contribution in [3.05, 3.63) is 46.9 Å². The number of carbonyl (C=O) groups is 2. The number of carbonyl (C=O) groups excluding carboxylic acids is 2. The molecule has 8 heteroatoms. The summed E-state index contributed by atoms with van der Waals surface area (Å²) in [5.74, 6) is -0.882. The average molecular weight is 444 g/mol. The topological polar surface area (TPSA) is 79.9 Å². The number of allylic oxidation sites excluding steroid dienone is 1. The van der Waals surface area contributed by atoms with E-state index in [9.17, 15) is 9.59 Å². The lowest BCUT2D eigenvalue weighted by molar-refractivity contribution is -0.126. The summed E-state index contributed by atoms with van der Waals surface area (Å²) in [6, 6.07) is 3.28. The number of ether oxygens (including phenoxy) is 2. The minimum Gasteiger partial charge on any atom is -0.380 e. The van der Waals surface area contributed by atoms with E-state index in [1.807, 2.05) is 0 Å². The molecular weight excluding hydrogens is 413 g/mol. The van der Waals surface area contributed by atoms with Gasteiger partial charge in [-0.05, 0) is 43.7 Å². The highest BCUT2D eigenvalue weighted by Gasteiger charge is 2.40. The molecule has 1 unspecified atom stereocenters. The quantitative estimate of drug-likeness (QED) is 0.728. The molecule has 0 spiro atoms. The standard InChI is InChI=1S/C24H30FN3O4/c1-14-4-7-20(23(29)26-14)28-12-18-17(24(28)30)6-5-15(22(18)25)11-21-19(3-2-9-32-21)27-16-8-10-31-13-16/h5-6,16,19-21,27H,1-4,7-13H2,(H,26,29)/t16-,19+,20?,21-/m1/s1. The van der Waals surface area contributed by atoms with Crippen LogP contribution in [0.15, 0.2) is 24.4 Å². The van der Waals surface area contributed by atoms with Crippen LogP contribution in [0.4, 0.5) is 4.39 Å². The first-order valence-electron chi connectivity index (χ1n) is 11.6. The Morgan fingerprint density at radius 1 is 1.22 bits per heavy atom. The van der Waals surface area contributed by atoms with Crippen LogP contribution in [-0.2, 0) is 27.2 Å². The molecule has 5 rings (SSSR count). The summed E-state index contributed by atoms with van der Waals surface area (Å²) in [6.07, 6.45) is 4.39. The van der Waals surface area contributed by atoms with Crippen molar-refractivity contribution in [1.29, 1.82) is 0 Å². The van der Waals surface area contributed by atoms with Crippen molar-refractivity contribution in [2.75, 3.05) is 19.8 Å². The minimum atomic E-state index is -0.591. The monoisotopic (exact) mass is 443 g/mol. The van der Waals surface area contributed by atoms with Crippen LogP contribution in [0, 0.1) is 5.82 Å². The van der Waals surface area contributed by atoms with Gasteiger partial charge in [-0.15, -0.1) is 0 Å². The first-order valence-corrected chi connectivity index (χ1v) is 11.6. The Labute approximate surface area is 187 Å². The molecule has 0 aromatic heterocycles. The summed E-state index contributed by atoms with van der Waals surface area (Å²) in [5, 5.41) is 6.35. The summed E-state index contributed by atoms with van der Waals surface area (Å²) in [6.45, 7) is 6.05. The molecule has 3 fully saturated rings. The predicted octanol–water partition coefficient (Wildman–Crippen LogP) is 2.04. The van der Waals surface area contributed by atoms with Crippen molar-refractivity contribution >= 4 is 11.8 Å². The zero-order valence-electron chi connectivity index (χ0n) is 18.2. The van der Waals surface area contributed by atoms with Gasteiger partial charge in [0, 0.05) is 48.5 Å². The molecule has 0 aliphatic carbocycles. The lowest BCUT2D eigenvalue weighted by Crippen LogP contribution is -2.50. The molecule has 1 aromatic rings. The number of rotatable bonds is 5. The van der Waals surface area contributed by atoms with Crippen molar-refractivity contribution < 1.29 is 23.5 Å². The first kappa shape index (κ1) is 21.6. The molecule has 0 saturated carbocycles. The van der Waals surface area contributed by atoms with E-state index in [1.165, 1.54) is 4.90 Å². The number of nitrogens with zero attached hydrogens (tertiary/aromatic N) is 1. The third-order valence-corrected chi connectivity index (χ3v) is 7.08. The maximum absolute atomic E-state index is 15.5. The fourth-order valence-electron chi connectivity index (χ4n) is 5.31.